The third-order valence-electron chi connectivity index (χ3n) is 2.74. The van der Waals surface area contributed by atoms with E-state index in [-0.39, 0.29) is 27.9 Å². The quantitative estimate of drug-likeness (QED) is 0.649. The van der Waals surface area contributed by atoms with Crippen LogP contribution in [0.15, 0.2) is 30.5 Å². The molecule has 23 heavy (non-hydrogen) atoms. The maximum atomic E-state index is 12.0. The topological polar surface area (TPSA) is 94.4 Å². The molecule has 0 aliphatic rings. The molecule has 0 aliphatic heterocycles. The number of pyridine rings is 1. The fourth-order valence-corrected chi connectivity index (χ4v) is 2.18. The predicted octanol–water partition coefficient (Wildman–Crippen LogP) is 3.84. The maximum absolute atomic E-state index is 12.0. The van der Waals surface area contributed by atoms with Crippen molar-refractivity contribution in [1.82, 2.24) is 10.3 Å². The van der Waals surface area contributed by atoms with Crippen LogP contribution in [0.3, 0.4) is 0 Å². The van der Waals surface area contributed by atoms with E-state index in [2.05, 4.69) is 10.3 Å². The molecule has 0 fully saturated rings. The van der Waals surface area contributed by atoms with E-state index in [1.54, 1.807) is 6.92 Å². The highest BCUT2D eigenvalue weighted by Gasteiger charge is 2.21. The number of nitro benzene ring substituents is 1. The van der Waals surface area contributed by atoms with E-state index < -0.39 is 10.8 Å². The number of hydrogen-bond acceptors (Lipinski definition) is 5. The lowest BCUT2D eigenvalue weighted by atomic mass is 10.1. The van der Waals surface area contributed by atoms with Crippen molar-refractivity contribution in [3.8, 4) is 11.6 Å². The van der Waals surface area contributed by atoms with Crippen molar-refractivity contribution in [3.63, 3.8) is 0 Å². The number of nitrogens with zero attached hydrogens (tertiary/aromatic N) is 2. The molecule has 0 saturated heterocycles. The Morgan fingerprint density at radius 1 is 1.39 bits per heavy atom. The van der Waals surface area contributed by atoms with Crippen LogP contribution in [0.1, 0.15) is 17.3 Å². The molecule has 1 aromatic carbocycles. The first kappa shape index (κ1) is 17.0. The van der Waals surface area contributed by atoms with Gasteiger partial charge in [0.1, 0.15) is 16.3 Å². The van der Waals surface area contributed by atoms with Gasteiger partial charge in [-0.1, -0.05) is 23.2 Å². The van der Waals surface area contributed by atoms with Crippen LogP contribution in [0, 0.1) is 10.1 Å². The van der Waals surface area contributed by atoms with Gasteiger partial charge in [-0.2, -0.15) is 0 Å². The maximum Gasteiger partial charge on any atom is 0.282 e. The molecule has 1 N–H and O–H groups in total. The number of rotatable bonds is 5. The van der Waals surface area contributed by atoms with Gasteiger partial charge in [-0.05, 0) is 19.1 Å². The lowest BCUT2D eigenvalue weighted by Gasteiger charge is -2.09. The second-order valence-corrected chi connectivity index (χ2v) is 5.18. The van der Waals surface area contributed by atoms with Crippen molar-refractivity contribution >= 4 is 34.8 Å². The number of nitro groups is 1. The van der Waals surface area contributed by atoms with Gasteiger partial charge in [0.15, 0.2) is 0 Å². The predicted molar refractivity (Wildman–Crippen MR) is 85.4 cm³/mol. The molecule has 1 heterocycles. The van der Waals surface area contributed by atoms with Crippen LogP contribution in [0.5, 0.6) is 11.6 Å². The van der Waals surface area contributed by atoms with Gasteiger partial charge in [0.2, 0.25) is 5.88 Å². The fraction of sp³-hybridized carbons (Fsp3) is 0.143. The molecule has 0 saturated carbocycles. The number of ether oxygens (including phenoxy) is 1. The minimum absolute atomic E-state index is 0.0757. The number of aromatic nitrogens is 1. The number of halogens is 2. The number of hydrogen-bond donors (Lipinski definition) is 1. The summed E-state index contributed by atoms with van der Waals surface area (Å²) < 4.78 is 5.46. The average Bonchev–Trinajstić information content (AvgIpc) is 2.50. The smallest absolute Gasteiger partial charge is 0.282 e. The molecule has 7 nitrogen and oxygen atoms in total. The molecule has 0 aliphatic carbocycles. The van der Waals surface area contributed by atoms with Crippen LogP contribution in [0.4, 0.5) is 5.69 Å². The molecule has 2 rings (SSSR count). The summed E-state index contributed by atoms with van der Waals surface area (Å²) >= 11 is 11.7. The summed E-state index contributed by atoms with van der Waals surface area (Å²) in [6.45, 7) is 2.05. The van der Waals surface area contributed by atoms with Gasteiger partial charge in [0.05, 0.1) is 9.95 Å². The highest BCUT2D eigenvalue weighted by Crippen LogP contribution is 2.31. The molecule has 0 radical (unpaired) electrons. The van der Waals surface area contributed by atoms with Crippen molar-refractivity contribution in [3.05, 3.63) is 56.2 Å². The van der Waals surface area contributed by atoms with Gasteiger partial charge in [-0.3, -0.25) is 14.9 Å². The lowest BCUT2D eigenvalue weighted by molar-refractivity contribution is -0.385. The Morgan fingerprint density at radius 3 is 2.74 bits per heavy atom. The van der Waals surface area contributed by atoms with Gasteiger partial charge >= 0.3 is 0 Å². The zero-order valence-corrected chi connectivity index (χ0v) is 13.4. The SMILES string of the molecule is CCNC(=O)c1cc(Oc2ncc(Cl)cc2Cl)ccc1[N+](=O)[O-]. The minimum atomic E-state index is -0.637. The first-order chi connectivity index (χ1) is 10.9. The molecule has 9 heteroatoms. The lowest BCUT2D eigenvalue weighted by Crippen LogP contribution is -2.23. The Kier molecular flexibility index (Phi) is 5.36. The summed E-state index contributed by atoms with van der Waals surface area (Å²) in [6, 6.07) is 5.24. The van der Waals surface area contributed by atoms with E-state index in [9.17, 15) is 14.9 Å². The number of nitrogens with one attached hydrogen (secondary N) is 1. The van der Waals surface area contributed by atoms with Crippen LogP contribution < -0.4 is 10.1 Å². The molecule has 2 aromatic rings. The number of carbonyl (C=O) groups excluding carboxylic acids is 1. The Morgan fingerprint density at radius 2 is 2.13 bits per heavy atom. The van der Waals surface area contributed by atoms with Crippen LogP contribution in [0.25, 0.3) is 0 Å². The first-order valence-corrected chi connectivity index (χ1v) is 7.23. The Bertz CT molecular complexity index is 768. The third-order valence-corrected chi connectivity index (χ3v) is 3.21. The molecule has 0 unspecified atom stereocenters. The molecule has 1 aromatic heterocycles. The monoisotopic (exact) mass is 355 g/mol. The van der Waals surface area contributed by atoms with Crippen LogP contribution >= 0.6 is 23.2 Å². The van der Waals surface area contributed by atoms with Gasteiger partial charge < -0.3 is 10.1 Å². The van der Waals surface area contributed by atoms with Gasteiger partial charge in [-0.15, -0.1) is 0 Å². The van der Waals surface area contributed by atoms with E-state index in [0.717, 1.165) is 0 Å². The fourth-order valence-electron chi connectivity index (χ4n) is 1.76. The van der Waals surface area contributed by atoms with Gasteiger partial charge in [0.25, 0.3) is 11.6 Å². The number of benzene rings is 1. The second kappa shape index (κ2) is 7.26. The summed E-state index contributed by atoms with van der Waals surface area (Å²) in [5, 5.41) is 14.1. The van der Waals surface area contributed by atoms with E-state index in [1.165, 1.54) is 30.5 Å². The molecule has 1 amide bonds. The Labute approximate surface area is 141 Å². The Balaban J connectivity index is 2.38. The molecular formula is C14H11Cl2N3O4. The summed E-state index contributed by atoms with van der Waals surface area (Å²) in [6.07, 6.45) is 1.35. The van der Waals surface area contributed by atoms with Gasteiger partial charge in [-0.25, -0.2) is 4.98 Å². The number of carbonyl (C=O) groups is 1. The molecule has 0 bridgehead atoms. The zero-order valence-electron chi connectivity index (χ0n) is 11.9. The summed E-state index contributed by atoms with van der Waals surface area (Å²) in [4.78, 5) is 26.3. The van der Waals surface area contributed by atoms with Crippen molar-refractivity contribution in [2.75, 3.05) is 6.54 Å². The molecular weight excluding hydrogens is 345 g/mol. The van der Waals surface area contributed by atoms with Crippen molar-refractivity contribution in [2.45, 2.75) is 6.92 Å². The zero-order chi connectivity index (χ0) is 17.0. The van der Waals surface area contributed by atoms with Crippen molar-refractivity contribution < 1.29 is 14.5 Å². The van der Waals surface area contributed by atoms with E-state index in [1.807, 2.05) is 0 Å². The van der Waals surface area contributed by atoms with Crippen molar-refractivity contribution in [2.24, 2.45) is 0 Å². The second-order valence-electron chi connectivity index (χ2n) is 4.34. The minimum Gasteiger partial charge on any atom is -0.438 e. The standard InChI is InChI=1S/C14H11Cl2N3O4/c1-2-17-13(20)10-6-9(3-4-12(10)19(21)22)23-14-11(16)5-8(15)7-18-14/h3-7H,2H2,1H3,(H,17,20). The summed E-state index contributed by atoms with van der Waals surface area (Å²) in [5.74, 6) is -0.305. The normalized spacial score (nSPS) is 10.2. The van der Waals surface area contributed by atoms with Crippen LogP contribution in [-0.2, 0) is 0 Å². The Hall–Kier alpha value is -2.38. The van der Waals surface area contributed by atoms with E-state index in [4.69, 9.17) is 27.9 Å². The highest BCUT2D eigenvalue weighted by molar-refractivity contribution is 6.35. The summed E-state index contributed by atoms with van der Waals surface area (Å²) in [7, 11) is 0. The molecule has 120 valence electrons. The van der Waals surface area contributed by atoms with E-state index in [0.29, 0.717) is 11.6 Å². The third kappa shape index (κ3) is 4.08. The first-order valence-electron chi connectivity index (χ1n) is 6.48. The van der Waals surface area contributed by atoms with Crippen LogP contribution in [0.2, 0.25) is 10.0 Å². The largest absolute Gasteiger partial charge is 0.438 e. The van der Waals surface area contributed by atoms with Crippen molar-refractivity contribution in [1.29, 1.82) is 0 Å². The van der Waals surface area contributed by atoms with Gasteiger partial charge in [0, 0.05) is 24.9 Å². The van der Waals surface area contributed by atoms with Crippen LogP contribution in [-0.4, -0.2) is 22.4 Å². The van der Waals surface area contributed by atoms with E-state index >= 15 is 0 Å². The number of amides is 1. The molecule has 0 atom stereocenters. The summed E-state index contributed by atoms with van der Waals surface area (Å²) in [5.41, 5.74) is -0.433. The molecule has 0 spiro atoms. The highest BCUT2D eigenvalue weighted by atomic mass is 35.5. The average molecular weight is 356 g/mol.